The van der Waals surface area contributed by atoms with Crippen molar-refractivity contribution in [2.45, 2.75) is 41.4 Å². The molecular formula is C15H20O3S. The first-order valence-corrected chi connectivity index (χ1v) is 7.82. The maximum absolute atomic E-state index is 9.87. The zero-order chi connectivity index (χ0) is 13.1. The number of thioether (sulfide) groups is 1. The standard InChI is InChI=1S/C15H20O3S/c16-13-3-1-2-4-14(13)19-12-5-8-18-15(11-12)6-9-17-10-7-15/h1-4,12,16H,5-11H2. The maximum Gasteiger partial charge on any atom is 0.129 e. The lowest BCUT2D eigenvalue weighted by Crippen LogP contribution is -2.45. The van der Waals surface area contributed by atoms with Crippen molar-refractivity contribution in [2.24, 2.45) is 0 Å². The summed E-state index contributed by atoms with van der Waals surface area (Å²) >= 11 is 1.79. The fourth-order valence-electron chi connectivity index (χ4n) is 2.91. The molecule has 2 saturated heterocycles. The Hall–Kier alpha value is -0.710. The monoisotopic (exact) mass is 280 g/mol. The predicted molar refractivity (Wildman–Crippen MR) is 75.7 cm³/mol. The molecule has 0 bridgehead atoms. The van der Waals surface area contributed by atoms with Gasteiger partial charge in [-0.25, -0.2) is 0 Å². The van der Waals surface area contributed by atoms with Crippen LogP contribution < -0.4 is 0 Å². The van der Waals surface area contributed by atoms with Crippen LogP contribution in [0.1, 0.15) is 25.7 Å². The highest BCUT2D eigenvalue weighted by atomic mass is 32.2. The van der Waals surface area contributed by atoms with Gasteiger partial charge in [0, 0.05) is 30.0 Å². The van der Waals surface area contributed by atoms with Gasteiger partial charge >= 0.3 is 0 Å². The van der Waals surface area contributed by atoms with E-state index in [9.17, 15) is 5.11 Å². The zero-order valence-corrected chi connectivity index (χ0v) is 11.8. The second-order valence-corrected chi connectivity index (χ2v) is 6.69. The Balaban J connectivity index is 1.67. The summed E-state index contributed by atoms with van der Waals surface area (Å²) in [5.41, 5.74) is 0.0264. The minimum atomic E-state index is 0.0264. The Labute approximate surface area is 118 Å². The van der Waals surface area contributed by atoms with Crippen LogP contribution in [-0.2, 0) is 9.47 Å². The summed E-state index contributed by atoms with van der Waals surface area (Å²) < 4.78 is 11.5. The van der Waals surface area contributed by atoms with Crippen molar-refractivity contribution in [1.82, 2.24) is 0 Å². The molecule has 1 unspecified atom stereocenters. The number of phenolic OH excluding ortho intramolecular Hbond substituents is 1. The van der Waals surface area contributed by atoms with Crippen LogP contribution in [0.4, 0.5) is 0 Å². The number of phenols is 1. The summed E-state index contributed by atoms with van der Waals surface area (Å²) in [6.45, 7) is 2.45. The van der Waals surface area contributed by atoms with Crippen molar-refractivity contribution in [1.29, 1.82) is 0 Å². The normalized spacial score (nSPS) is 26.4. The SMILES string of the molecule is Oc1ccccc1SC1CCOC2(CCOCC2)C1. The Morgan fingerprint density at radius 3 is 2.74 bits per heavy atom. The van der Waals surface area contributed by atoms with E-state index in [1.807, 2.05) is 18.2 Å². The molecule has 2 aliphatic rings. The van der Waals surface area contributed by atoms with E-state index in [2.05, 4.69) is 0 Å². The van der Waals surface area contributed by atoms with Gasteiger partial charge in [0.1, 0.15) is 5.75 Å². The molecule has 2 fully saturated rings. The smallest absolute Gasteiger partial charge is 0.129 e. The van der Waals surface area contributed by atoms with E-state index in [0.717, 1.165) is 50.4 Å². The first-order chi connectivity index (χ1) is 9.27. The summed E-state index contributed by atoms with van der Waals surface area (Å²) in [6, 6.07) is 7.59. The van der Waals surface area contributed by atoms with Crippen LogP contribution in [0.2, 0.25) is 0 Å². The quantitative estimate of drug-likeness (QED) is 0.903. The minimum absolute atomic E-state index is 0.0264. The van der Waals surface area contributed by atoms with Crippen LogP contribution in [0.25, 0.3) is 0 Å². The van der Waals surface area contributed by atoms with Gasteiger partial charge in [-0.2, -0.15) is 0 Å². The molecule has 1 N–H and O–H groups in total. The van der Waals surface area contributed by atoms with E-state index in [1.165, 1.54) is 0 Å². The summed E-state index contributed by atoms with van der Waals surface area (Å²) in [6.07, 6.45) is 4.13. The molecule has 0 saturated carbocycles. The first kappa shape index (κ1) is 13.3. The summed E-state index contributed by atoms with van der Waals surface area (Å²) in [5, 5.41) is 10.4. The second-order valence-electron chi connectivity index (χ2n) is 5.34. The lowest BCUT2D eigenvalue weighted by atomic mass is 9.86. The number of benzene rings is 1. The van der Waals surface area contributed by atoms with Crippen LogP contribution in [0.5, 0.6) is 5.75 Å². The number of ether oxygens (including phenoxy) is 2. The molecule has 2 aliphatic heterocycles. The molecule has 0 amide bonds. The highest BCUT2D eigenvalue weighted by Gasteiger charge is 2.39. The molecule has 1 spiro atoms. The molecule has 3 rings (SSSR count). The van der Waals surface area contributed by atoms with Gasteiger partial charge < -0.3 is 14.6 Å². The molecular weight excluding hydrogens is 260 g/mol. The molecule has 0 radical (unpaired) electrons. The molecule has 1 aromatic carbocycles. The Kier molecular flexibility index (Phi) is 4.01. The molecule has 3 nitrogen and oxygen atoms in total. The second kappa shape index (κ2) is 5.73. The van der Waals surface area contributed by atoms with Gasteiger partial charge in [0.15, 0.2) is 0 Å². The van der Waals surface area contributed by atoms with Gasteiger partial charge in [-0.05, 0) is 37.8 Å². The van der Waals surface area contributed by atoms with Gasteiger partial charge in [0.2, 0.25) is 0 Å². The van der Waals surface area contributed by atoms with E-state index in [0.29, 0.717) is 11.0 Å². The Bertz CT molecular complexity index is 424. The molecule has 2 heterocycles. The molecule has 1 atom stereocenters. The van der Waals surface area contributed by atoms with Crippen LogP contribution >= 0.6 is 11.8 Å². The number of rotatable bonds is 2. The molecule has 104 valence electrons. The third kappa shape index (κ3) is 3.07. The Morgan fingerprint density at radius 2 is 1.95 bits per heavy atom. The van der Waals surface area contributed by atoms with Crippen LogP contribution in [0, 0.1) is 0 Å². The average Bonchev–Trinajstić information content (AvgIpc) is 2.42. The predicted octanol–water partition coefficient (Wildman–Crippen LogP) is 3.21. The zero-order valence-electron chi connectivity index (χ0n) is 11.0. The van der Waals surface area contributed by atoms with Crippen molar-refractivity contribution in [3.05, 3.63) is 24.3 Å². The van der Waals surface area contributed by atoms with Crippen molar-refractivity contribution in [2.75, 3.05) is 19.8 Å². The molecule has 19 heavy (non-hydrogen) atoms. The van der Waals surface area contributed by atoms with Crippen LogP contribution in [0.3, 0.4) is 0 Å². The van der Waals surface area contributed by atoms with Crippen molar-refractivity contribution >= 4 is 11.8 Å². The number of para-hydroxylation sites is 1. The number of aromatic hydroxyl groups is 1. The average molecular weight is 280 g/mol. The first-order valence-electron chi connectivity index (χ1n) is 6.94. The third-order valence-electron chi connectivity index (χ3n) is 4.01. The summed E-state index contributed by atoms with van der Waals surface area (Å²) in [4.78, 5) is 0.983. The van der Waals surface area contributed by atoms with E-state index >= 15 is 0 Å². The molecule has 0 aliphatic carbocycles. The maximum atomic E-state index is 9.87. The van der Waals surface area contributed by atoms with Crippen LogP contribution in [-0.4, -0.2) is 35.8 Å². The van der Waals surface area contributed by atoms with E-state index in [4.69, 9.17) is 9.47 Å². The van der Waals surface area contributed by atoms with Gasteiger partial charge in [-0.3, -0.25) is 0 Å². The molecule has 4 heteroatoms. The van der Waals surface area contributed by atoms with E-state index < -0.39 is 0 Å². The molecule has 1 aromatic rings. The fourth-order valence-corrected chi connectivity index (χ4v) is 4.22. The largest absolute Gasteiger partial charge is 0.507 e. The third-order valence-corrected chi connectivity index (χ3v) is 5.35. The van der Waals surface area contributed by atoms with Gasteiger partial charge in [0.25, 0.3) is 0 Å². The lowest BCUT2D eigenvalue weighted by Gasteiger charge is -2.43. The lowest BCUT2D eigenvalue weighted by molar-refractivity contribution is -0.131. The summed E-state index contributed by atoms with van der Waals surface area (Å²) in [5.74, 6) is 0.389. The van der Waals surface area contributed by atoms with Crippen molar-refractivity contribution in [3.63, 3.8) is 0 Å². The summed E-state index contributed by atoms with van der Waals surface area (Å²) in [7, 11) is 0. The van der Waals surface area contributed by atoms with Gasteiger partial charge in [-0.15, -0.1) is 11.8 Å². The van der Waals surface area contributed by atoms with E-state index in [-0.39, 0.29) is 5.60 Å². The van der Waals surface area contributed by atoms with E-state index in [1.54, 1.807) is 17.8 Å². The van der Waals surface area contributed by atoms with Gasteiger partial charge in [0.05, 0.1) is 5.60 Å². The number of hydrogen-bond acceptors (Lipinski definition) is 4. The topological polar surface area (TPSA) is 38.7 Å². The highest BCUT2D eigenvalue weighted by molar-refractivity contribution is 8.00. The fraction of sp³-hybridized carbons (Fsp3) is 0.600. The highest BCUT2D eigenvalue weighted by Crippen LogP contribution is 2.42. The van der Waals surface area contributed by atoms with Crippen LogP contribution in [0.15, 0.2) is 29.2 Å². The Morgan fingerprint density at radius 1 is 1.16 bits per heavy atom. The van der Waals surface area contributed by atoms with Crippen molar-refractivity contribution in [3.8, 4) is 5.75 Å². The number of hydrogen-bond donors (Lipinski definition) is 1. The van der Waals surface area contributed by atoms with Crippen molar-refractivity contribution < 1.29 is 14.6 Å². The molecule has 0 aromatic heterocycles. The van der Waals surface area contributed by atoms with Gasteiger partial charge in [-0.1, -0.05) is 12.1 Å². The minimum Gasteiger partial charge on any atom is -0.507 e.